The first-order valence-electron chi connectivity index (χ1n) is 7.90. The molecule has 2 heterocycles. The number of hydroxylamine groups is 2. The number of carbonyl (C=O) groups excluding carboxylic acids is 1. The fraction of sp³-hybridized carbons (Fsp3) is 0.167. The summed E-state index contributed by atoms with van der Waals surface area (Å²) >= 11 is 0. The summed E-state index contributed by atoms with van der Waals surface area (Å²) in [7, 11) is 2.93. The fourth-order valence-electron chi connectivity index (χ4n) is 2.31. The molecule has 0 saturated carbocycles. The highest BCUT2D eigenvalue weighted by Gasteiger charge is 2.21. The minimum absolute atomic E-state index is 0.300. The lowest BCUT2D eigenvalue weighted by atomic mass is 10.2. The molecule has 1 N–H and O–H groups in total. The SMILES string of the molecule is CON(C)C(=O)c1cn(-c2ccccn2)nc1NCc1ccc(F)cc1. The van der Waals surface area contributed by atoms with Gasteiger partial charge < -0.3 is 5.32 Å². The van der Waals surface area contributed by atoms with Crippen LogP contribution in [0.15, 0.2) is 54.9 Å². The molecular weight excluding hydrogens is 337 g/mol. The summed E-state index contributed by atoms with van der Waals surface area (Å²) < 4.78 is 14.5. The largest absolute Gasteiger partial charge is 0.364 e. The number of anilines is 1. The van der Waals surface area contributed by atoms with Crippen molar-refractivity contribution in [3.63, 3.8) is 0 Å². The van der Waals surface area contributed by atoms with Gasteiger partial charge in [0.1, 0.15) is 11.4 Å². The van der Waals surface area contributed by atoms with Gasteiger partial charge in [-0.3, -0.25) is 9.63 Å². The number of rotatable bonds is 6. The minimum atomic E-state index is -0.351. The van der Waals surface area contributed by atoms with Crippen LogP contribution in [0.1, 0.15) is 15.9 Å². The third-order valence-corrected chi connectivity index (χ3v) is 3.76. The Morgan fingerprint density at radius 1 is 1.27 bits per heavy atom. The zero-order chi connectivity index (χ0) is 18.5. The van der Waals surface area contributed by atoms with Crippen LogP contribution in [0.25, 0.3) is 5.82 Å². The molecule has 0 bridgehead atoms. The summed E-state index contributed by atoms with van der Waals surface area (Å²) in [5, 5.41) is 8.64. The predicted molar refractivity (Wildman–Crippen MR) is 94.2 cm³/mol. The summed E-state index contributed by atoms with van der Waals surface area (Å²) in [6.07, 6.45) is 3.23. The molecule has 0 aliphatic carbocycles. The van der Waals surface area contributed by atoms with Crippen LogP contribution in [0.3, 0.4) is 0 Å². The van der Waals surface area contributed by atoms with Gasteiger partial charge in [0.05, 0.1) is 7.11 Å². The maximum absolute atomic E-state index is 13.0. The molecule has 8 heteroatoms. The predicted octanol–water partition coefficient (Wildman–Crippen LogP) is 2.65. The third-order valence-electron chi connectivity index (χ3n) is 3.76. The Kier molecular flexibility index (Phi) is 5.23. The normalized spacial score (nSPS) is 10.6. The van der Waals surface area contributed by atoms with Crippen molar-refractivity contribution in [2.45, 2.75) is 6.54 Å². The summed E-state index contributed by atoms with van der Waals surface area (Å²) in [4.78, 5) is 21.7. The second kappa shape index (κ2) is 7.75. The maximum Gasteiger partial charge on any atom is 0.282 e. The molecule has 134 valence electrons. The quantitative estimate of drug-likeness (QED) is 0.688. The highest BCUT2D eigenvalue weighted by atomic mass is 19.1. The topological polar surface area (TPSA) is 72.3 Å². The van der Waals surface area contributed by atoms with E-state index in [2.05, 4.69) is 15.4 Å². The van der Waals surface area contributed by atoms with Crippen molar-refractivity contribution in [2.75, 3.05) is 19.5 Å². The lowest BCUT2D eigenvalue weighted by Gasteiger charge is -2.13. The molecule has 26 heavy (non-hydrogen) atoms. The molecule has 7 nitrogen and oxygen atoms in total. The van der Waals surface area contributed by atoms with Crippen LogP contribution < -0.4 is 5.32 Å². The number of aromatic nitrogens is 3. The van der Waals surface area contributed by atoms with Crippen LogP contribution in [0.2, 0.25) is 0 Å². The van der Waals surface area contributed by atoms with Crippen molar-refractivity contribution in [1.82, 2.24) is 19.8 Å². The molecule has 1 aromatic carbocycles. The van der Waals surface area contributed by atoms with Crippen LogP contribution in [0.5, 0.6) is 0 Å². The van der Waals surface area contributed by atoms with E-state index in [1.807, 2.05) is 6.07 Å². The van der Waals surface area contributed by atoms with E-state index in [4.69, 9.17) is 4.84 Å². The second-order valence-electron chi connectivity index (χ2n) is 5.49. The van der Waals surface area contributed by atoms with Gasteiger partial charge in [-0.15, -0.1) is 5.10 Å². The third kappa shape index (κ3) is 3.86. The van der Waals surface area contributed by atoms with E-state index in [0.717, 1.165) is 10.6 Å². The number of nitrogens with zero attached hydrogens (tertiary/aromatic N) is 4. The van der Waals surface area contributed by atoms with E-state index >= 15 is 0 Å². The van der Waals surface area contributed by atoms with Crippen LogP contribution in [0.4, 0.5) is 10.2 Å². The monoisotopic (exact) mass is 355 g/mol. The van der Waals surface area contributed by atoms with E-state index in [9.17, 15) is 9.18 Å². The molecule has 2 aromatic heterocycles. The number of nitrogens with one attached hydrogen (secondary N) is 1. The number of benzene rings is 1. The molecule has 3 rings (SSSR count). The van der Waals surface area contributed by atoms with Gasteiger partial charge in [-0.2, -0.15) is 0 Å². The van der Waals surface area contributed by atoms with E-state index in [0.29, 0.717) is 23.7 Å². The van der Waals surface area contributed by atoms with Gasteiger partial charge in [-0.1, -0.05) is 18.2 Å². The molecule has 0 aliphatic rings. The first kappa shape index (κ1) is 17.6. The number of amides is 1. The molecule has 0 radical (unpaired) electrons. The molecule has 0 spiro atoms. The number of hydrogen-bond acceptors (Lipinski definition) is 5. The van der Waals surface area contributed by atoms with Gasteiger partial charge in [-0.25, -0.2) is 19.1 Å². The Bertz CT molecular complexity index is 880. The first-order chi connectivity index (χ1) is 12.6. The number of carbonyl (C=O) groups is 1. The molecule has 1 amide bonds. The van der Waals surface area contributed by atoms with E-state index in [1.54, 1.807) is 36.7 Å². The summed E-state index contributed by atoms with van der Waals surface area (Å²) in [5.74, 6) is 0.312. The first-order valence-corrected chi connectivity index (χ1v) is 7.90. The molecule has 0 saturated heterocycles. The van der Waals surface area contributed by atoms with Crippen molar-refractivity contribution >= 4 is 11.7 Å². The van der Waals surface area contributed by atoms with Crippen molar-refractivity contribution in [3.8, 4) is 5.82 Å². The van der Waals surface area contributed by atoms with E-state index in [-0.39, 0.29) is 11.7 Å². The Morgan fingerprint density at radius 2 is 2.04 bits per heavy atom. The average Bonchev–Trinajstić information content (AvgIpc) is 3.11. The van der Waals surface area contributed by atoms with Crippen LogP contribution >= 0.6 is 0 Å². The van der Waals surface area contributed by atoms with Gasteiger partial charge in [-0.05, 0) is 29.8 Å². The Hall–Kier alpha value is -3.26. The van der Waals surface area contributed by atoms with Crippen LogP contribution in [0, 0.1) is 5.82 Å². The number of pyridine rings is 1. The summed E-state index contributed by atoms with van der Waals surface area (Å²) in [6, 6.07) is 11.5. The van der Waals surface area contributed by atoms with Crippen molar-refractivity contribution < 1.29 is 14.0 Å². The average molecular weight is 355 g/mol. The lowest BCUT2D eigenvalue weighted by molar-refractivity contribution is -0.0756. The zero-order valence-electron chi connectivity index (χ0n) is 14.4. The summed E-state index contributed by atoms with van der Waals surface area (Å²) in [6.45, 7) is 0.385. The van der Waals surface area contributed by atoms with Crippen molar-refractivity contribution in [3.05, 3.63) is 71.8 Å². The van der Waals surface area contributed by atoms with Gasteiger partial charge in [0, 0.05) is 26.0 Å². The van der Waals surface area contributed by atoms with Gasteiger partial charge >= 0.3 is 0 Å². The molecule has 3 aromatic rings. The lowest BCUT2D eigenvalue weighted by Crippen LogP contribution is -2.25. The van der Waals surface area contributed by atoms with Crippen LogP contribution in [-0.4, -0.2) is 39.9 Å². The fourth-order valence-corrected chi connectivity index (χ4v) is 2.31. The molecule has 0 unspecified atom stereocenters. The Morgan fingerprint density at radius 3 is 2.69 bits per heavy atom. The molecule has 0 aliphatic heterocycles. The Balaban J connectivity index is 1.89. The number of hydrogen-bond donors (Lipinski definition) is 1. The van der Waals surface area contributed by atoms with Gasteiger partial charge in [0.25, 0.3) is 5.91 Å². The standard InChI is InChI=1S/C18H18FN5O2/c1-23(26-2)18(25)15-12-24(16-5-3-4-10-20-16)22-17(15)21-11-13-6-8-14(19)9-7-13/h3-10,12H,11H2,1-2H3,(H,21,22). The van der Waals surface area contributed by atoms with Crippen molar-refractivity contribution in [2.24, 2.45) is 0 Å². The molecule has 0 atom stereocenters. The van der Waals surface area contributed by atoms with Gasteiger partial charge in [0.15, 0.2) is 11.6 Å². The molecule has 0 fully saturated rings. The highest BCUT2D eigenvalue weighted by Crippen LogP contribution is 2.19. The summed E-state index contributed by atoms with van der Waals surface area (Å²) in [5.41, 5.74) is 1.19. The Labute approximate surface area is 150 Å². The van der Waals surface area contributed by atoms with Gasteiger partial charge in [0.2, 0.25) is 0 Å². The maximum atomic E-state index is 13.0. The smallest absolute Gasteiger partial charge is 0.282 e. The van der Waals surface area contributed by atoms with Crippen molar-refractivity contribution in [1.29, 1.82) is 0 Å². The second-order valence-corrected chi connectivity index (χ2v) is 5.49. The van der Waals surface area contributed by atoms with Crippen LogP contribution in [-0.2, 0) is 11.4 Å². The number of halogens is 1. The van der Waals surface area contributed by atoms with E-state index < -0.39 is 0 Å². The minimum Gasteiger partial charge on any atom is -0.364 e. The molecular formula is C18H18FN5O2. The highest BCUT2D eigenvalue weighted by molar-refractivity contribution is 5.98. The van der Waals surface area contributed by atoms with E-state index in [1.165, 1.54) is 31.0 Å². The zero-order valence-corrected chi connectivity index (χ0v) is 14.4.